The lowest BCUT2D eigenvalue weighted by Gasteiger charge is -2.06. The van der Waals surface area contributed by atoms with Gasteiger partial charge in [-0.15, -0.1) is 0 Å². The molecule has 1 rings (SSSR count). The van der Waals surface area contributed by atoms with Crippen molar-refractivity contribution >= 4 is 33.4 Å². The standard InChI is InChI=1S/C10H11BrClNO/c1-7(11)10(14)13-6-8-2-4-9(12)5-3-8/h2-5,7H,6H2,1H3,(H,13,14). The predicted octanol–water partition coefficient (Wildman–Crippen LogP) is 2.74. The second-order valence-electron chi connectivity index (χ2n) is 2.96. The third-order valence-electron chi connectivity index (χ3n) is 1.74. The minimum atomic E-state index is -0.158. The summed E-state index contributed by atoms with van der Waals surface area (Å²) in [5, 5.41) is 3.49. The molecule has 1 unspecified atom stereocenters. The van der Waals surface area contributed by atoms with E-state index in [1.54, 1.807) is 19.1 Å². The van der Waals surface area contributed by atoms with Crippen LogP contribution in [-0.4, -0.2) is 10.7 Å². The van der Waals surface area contributed by atoms with Crippen LogP contribution < -0.4 is 5.32 Å². The van der Waals surface area contributed by atoms with Gasteiger partial charge in [0.1, 0.15) is 0 Å². The lowest BCUT2D eigenvalue weighted by molar-refractivity contribution is -0.120. The Morgan fingerprint density at radius 3 is 2.57 bits per heavy atom. The molecule has 0 radical (unpaired) electrons. The van der Waals surface area contributed by atoms with E-state index in [9.17, 15) is 4.79 Å². The monoisotopic (exact) mass is 275 g/mol. The number of benzene rings is 1. The van der Waals surface area contributed by atoms with Crippen molar-refractivity contribution in [1.82, 2.24) is 5.32 Å². The van der Waals surface area contributed by atoms with Crippen molar-refractivity contribution in [3.8, 4) is 0 Å². The van der Waals surface area contributed by atoms with Gasteiger partial charge in [0.15, 0.2) is 0 Å². The topological polar surface area (TPSA) is 29.1 Å². The molecule has 76 valence electrons. The summed E-state index contributed by atoms with van der Waals surface area (Å²) in [5.41, 5.74) is 1.04. The van der Waals surface area contributed by atoms with E-state index in [4.69, 9.17) is 11.6 Å². The number of carbonyl (C=O) groups excluding carboxylic acids is 1. The number of halogens is 2. The average molecular weight is 277 g/mol. The quantitative estimate of drug-likeness (QED) is 0.845. The summed E-state index contributed by atoms with van der Waals surface area (Å²) in [6.07, 6.45) is 0. The van der Waals surface area contributed by atoms with Crippen molar-refractivity contribution in [3.63, 3.8) is 0 Å². The Hall–Kier alpha value is -0.540. The molecule has 14 heavy (non-hydrogen) atoms. The number of amides is 1. The van der Waals surface area contributed by atoms with E-state index in [0.717, 1.165) is 5.56 Å². The van der Waals surface area contributed by atoms with Crippen LogP contribution in [0.4, 0.5) is 0 Å². The highest BCUT2D eigenvalue weighted by Gasteiger charge is 2.06. The molecule has 1 N–H and O–H groups in total. The van der Waals surface area contributed by atoms with Crippen molar-refractivity contribution in [2.45, 2.75) is 18.3 Å². The Morgan fingerprint density at radius 1 is 1.50 bits per heavy atom. The summed E-state index contributed by atoms with van der Waals surface area (Å²) < 4.78 is 0. The van der Waals surface area contributed by atoms with Gasteiger partial charge in [0, 0.05) is 11.6 Å². The van der Waals surface area contributed by atoms with Gasteiger partial charge in [-0.1, -0.05) is 39.7 Å². The zero-order chi connectivity index (χ0) is 10.6. The molecule has 0 fully saturated rings. The van der Waals surface area contributed by atoms with Gasteiger partial charge < -0.3 is 5.32 Å². The zero-order valence-electron chi connectivity index (χ0n) is 7.76. The summed E-state index contributed by atoms with van der Waals surface area (Å²) in [7, 11) is 0. The molecular formula is C10H11BrClNO. The Labute approximate surface area is 96.8 Å². The molecule has 0 bridgehead atoms. The number of rotatable bonds is 3. The Balaban J connectivity index is 2.46. The maximum Gasteiger partial charge on any atom is 0.233 e. The maximum atomic E-state index is 11.2. The Morgan fingerprint density at radius 2 is 2.07 bits per heavy atom. The van der Waals surface area contributed by atoms with Crippen molar-refractivity contribution in [2.75, 3.05) is 0 Å². The van der Waals surface area contributed by atoms with Crippen LogP contribution >= 0.6 is 27.5 Å². The zero-order valence-corrected chi connectivity index (χ0v) is 10.1. The van der Waals surface area contributed by atoms with Gasteiger partial charge in [0.2, 0.25) is 5.91 Å². The molecule has 0 spiro atoms. The van der Waals surface area contributed by atoms with E-state index in [1.165, 1.54) is 0 Å². The molecule has 1 atom stereocenters. The lowest BCUT2D eigenvalue weighted by atomic mass is 10.2. The Kier molecular flexibility index (Phi) is 4.42. The minimum absolute atomic E-state index is 0.0139. The third kappa shape index (κ3) is 3.68. The van der Waals surface area contributed by atoms with Gasteiger partial charge in [-0.05, 0) is 24.6 Å². The number of nitrogens with one attached hydrogen (secondary N) is 1. The first-order valence-electron chi connectivity index (χ1n) is 4.26. The molecule has 0 aliphatic rings. The molecule has 1 aromatic rings. The van der Waals surface area contributed by atoms with Gasteiger partial charge in [0.25, 0.3) is 0 Å². The molecule has 1 aromatic carbocycles. The maximum absolute atomic E-state index is 11.2. The fourth-order valence-corrected chi connectivity index (χ4v) is 1.22. The SMILES string of the molecule is CC(Br)C(=O)NCc1ccc(Cl)cc1. The van der Waals surface area contributed by atoms with Crippen LogP contribution in [0.5, 0.6) is 0 Å². The summed E-state index contributed by atoms with van der Waals surface area (Å²) in [6, 6.07) is 7.39. The first-order chi connectivity index (χ1) is 6.59. The highest BCUT2D eigenvalue weighted by atomic mass is 79.9. The molecule has 0 aromatic heterocycles. The van der Waals surface area contributed by atoms with Crippen molar-refractivity contribution in [1.29, 1.82) is 0 Å². The fraction of sp³-hybridized carbons (Fsp3) is 0.300. The molecule has 0 saturated heterocycles. The average Bonchev–Trinajstić information content (AvgIpc) is 2.16. The minimum Gasteiger partial charge on any atom is -0.351 e. The van der Waals surface area contributed by atoms with Crippen LogP contribution in [0.1, 0.15) is 12.5 Å². The second-order valence-corrected chi connectivity index (χ2v) is 4.77. The van der Waals surface area contributed by atoms with E-state index in [1.807, 2.05) is 12.1 Å². The number of hydrogen-bond acceptors (Lipinski definition) is 1. The molecule has 4 heteroatoms. The third-order valence-corrected chi connectivity index (χ3v) is 2.41. The van der Waals surface area contributed by atoms with Crippen molar-refractivity contribution < 1.29 is 4.79 Å². The molecule has 2 nitrogen and oxygen atoms in total. The van der Waals surface area contributed by atoms with Gasteiger partial charge >= 0.3 is 0 Å². The lowest BCUT2D eigenvalue weighted by Crippen LogP contribution is -2.28. The van der Waals surface area contributed by atoms with Gasteiger partial charge in [-0.2, -0.15) is 0 Å². The first kappa shape index (κ1) is 11.5. The predicted molar refractivity (Wildman–Crippen MR) is 61.7 cm³/mol. The Bertz CT molecular complexity index is 310. The van der Waals surface area contributed by atoms with Gasteiger partial charge in [-0.25, -0.2) is 0 Å². The molecule has 1 amide bonds. The highest BCUT2D eigenvalue weighted by molar-refractivity contribution is 9.10. The number of carbonyl (C=O) groups is 1. The van der Waals surface area contributed by atoms with Gasteiger partial charge in [-0.3, -0.25) is 4.79 Å². The number of alkyl halides is 1. The van der Waals surface area contributed by atoms with Crippen LogP contribution in [0.15, 0.2) is 24.3 Å². The molecule has 0 saturated carbocycles. The molecule has 0 heterocycles. The van der Waals surface area contributed by atoms with E-state index in [2.05, 4.69) is 21.2 Å². The smallest absolute Gasteiger partial charge is 0.233 e. The van der Waals surface area contributed by atoms with E-state index < -0.39 is 0 Å². The summed E-state index contributed by atoms with van der Waals surface area (Å²) in [5.74, 6) is -0.0139. The number of hydrogen-bond donors (Lipinski definition) is 1. The second kappa shape index (κ2) is 5.37. The summed E-state index contributed by atoms with van der Waals surface area (Å²) in [4.78, 5) is 11.0. The van der Waals surface area contributed by atoms with E-state index in [-0.39, 0.29) is 10.7 Å². The molecule has 0 aliphatic heterocycles. The van der Waals surface area contributed by atoms with Crippen LogP contribution in [0.25, 0.3) is 0 Å². The molecular weight excluding hydrogens is 265 g/mol. The van der Waals surface area contributed by atoms with Crippen molar-refractivity contribution in [2.24, 2.45) is 0 Å². The van der Waals surface area contributed by atoms with Crippen LogP contribution in [0, 0.1) is 0 Å². The van der Waals surface area contributed by atoms with E-state index in [0.29, 0.717) is 11.6 Å². The van der Waals surface area contributed by atoms with Crippen molar-refractivity contribution in [3.05, 3.63) is 34.9 Å². The summed E-state index contributed by atoms with van der Waals surface area (Å²) >= 11 is 8.92. The fourth-order valence-electron chi connectivity index (χ4n) is 0.932. The highest BCUT2D eigenvalue weighted by Crippen LogP contribution is 2.09. The largest absolute Gasteiger partial charge is 0.351 e. The molecule has 0 aliphatic carbocycles. The van der Waals surface area contributed by atoms with Gasteiger partial charge in [0.05, 0.1) is 4.83 Å². The van der Waals surface area contributed by atoms with Crippen LogP contribution in [-0.2, 0) is 11.3 Å². The van der Waals surface area contributed by atoms with Crippen LogP contribution in [0.2, 0.25) is 5.02 Å². The first-order valence-corrected chi connectivity index (χ1v) is 5.55. The van der Waals surface area contributed by atoms with E-state index >= 15 is 0 Å². The summed E-state index contributed by atoms with van der Waals surface area (Å²) in [6.45, 7) is 2.32. The normalized spacial score (nSPS) is 12.2. The van der Waals surface area contributed by atoms with Crippen LogP contribution in [0.3, 0.4) is 0 Å².